The Hall–Kier alpha value is -2.00. The van der Waals surface area contributed by atoms with Crippen LogP contribution in [0.3, 0.4) is 0 Å². The first-order valence-corrected chi connectivity index (χ1v) is 7.23. The van der Waals surface area contributed by atoms with E-state index >= 15 is 0 Å². The minimum Gasteiger partial charge on any atom is -0.265 e. The Bertz CT molecular complexity index is 718. The fourth-order valence-corrected chi connectivity index (χ4v) is 3.80. The summed E-state index contributed by atoms with van der Waals surface area (Å²) in [5.74, 6) is 0.389. The van der Waals surface area contributed by atoms with Crippen molar-refractivity contribution in [3.8, 4) is 10.4 Å². The summed E-state index contributed by atoms with van der Waals surface area (Å²) in [6.07, 6.45) is 6.61. The second-order valence-electron chi connectivity index (χ2n) is 4.75. The summed E-state index contributed by atoms with van der Waals surface area (Å²) in [7, 11) is 0. The van der Waals surface area contributed by atoms with E-state index in [4.69, 9.17) is 0 Å². The molecule has 92 valence electrons. The van der Waals surface area contributed by atoms with E-state index in [1.165, 1.54) is 27.3 Å². The fraction of sp³-hybridized carbons (Fsp3) is 0.125. The molecule has 3 heterocycles. The molecule has 1 unspecified atom stereocenters. The van der Waals surface area contributed by atoms with Gasteiger partial charge < -0.3 is 0 Å². The van der Waals surface area contributed by atoms with Gasteiger partial charge in [0.15, 0.2) is 0 Å². The average molecular weight is 264 g/mol. The summed E-state index contributed by atoms with van der Waals surface area (Å²) in [5.41, 5.74) is 5.28. The van der Waals surface area contributed by atoms with Gasteiger partial charge in [-0.2, -0.15) is 0 Å². The number of nitrogens with zero attached hydrogens (tertiary/aromatic N) is 2. The number of hydrogen-bond donors (Lipinski definition) is 0. The van der Waals surface area contributed by atoms with E-state index in [-0.39, 0.29) is 0 Å². The predicted octanol–water partition coefficient (Wildman–Crippen LogP) is 3.89. The van der Waals surface area contributed by atoms with Gasteiger partial charge in [0.2, 0.25) is 0 Å². The van der Waals surface area contributed by atoms with Crippen molar-refractivity contribution >= 4 is 11.3 Å². The smallest absolute Gasteiger partial charge is 0.0568 e. The third-order valence-electron chi connectivity index (χ3n) is 3.67. The van der Waals surface area contributed by atoms with Gasteiger partial charge in [-0.3, -0.25) is 9.97 Å². The van der Waals surface area contributed by atoms with Crippen molar-refractivity contribution in [3.63, 3.8) is 0 Å². The van der Waals surface area contributed by atoms with E-state index in [2.05, 4.69) is 39.6 Å². The van der Waals surface area contributed by atoms with Crippen LogP contribution in [-0.4, -0.2) is 9.97 Å². The summed E-state index contributed by atoms with van der Waals surface area (Å²) in [5, 5.41) is 2.18. The molecule has 2 nitrogen and oxygen atoms in total. The largest absolute Gasteiger partial charge is 0.265 e. The van der Waals surface area contributed by atoms with Crippen molar-refractivity contribution in [3.05, 3.63) is 71.1 Å². The molecule has 1 aliphatic rings. The zero-order chi connectivity index (χ0) is 12.7. The van der Waals surface area contributed by atoms with Crippen molar-refractivity contribution < 1.29 is 0 Å². The normalized spacial score (nSPS) is 16.1. The van der Waals surface area contributed by atoms with Gasteiger partial charge in [0.05, 0.1) is 5.69 Å². The summed E-state index contributed by atoms with van der Waals surface area (Å²) >= 11 is 1.82. The van der Waals surface area contributed by atoms with E-state index < -0.39 is 0 Å². The summed E-state index contributed by atoms with van der Waals surface area (Å²) < 4.78 is 0. The summed E-state index contributed by atoms with van der Waals surface area (Å²) in [4.78, 5) is 10.1. The molecule has 4 rings (SSSR count). The molecule has 0 fully saturated rings. The molecule has 0 saturated heterocycles. The number of rotatable bonds is 2. The third-order valence-corrected chi connectivity index (χ3v) is 4.64. The second kappa shape index (κ2) is 4.28. The molecule has 0 bridgehead atoms. The standard InChI is InChI=1S/C16H12N2S/c1-2-13-15(18-6-1)14(12-5-9-19-16(12)13)10-11-3-7-17-8-4-11/h1-9,14H,10H2. The van der Waals surface area contributed by atoms with Crippen LogP contribution in [-0.2, 0) is 6.42 Å². The lowest BCUT2D eigenvalue weighted by Crippen LogP contribution is -2.02. The molecule has 1 aliphatic carbocycles. The quantitative estimate of drug-likeness (QED) is 0.701. The number of hydrogen-bond acceptors (Lipinski definition) is 3. The van der Waals surface area contributed by atoms with Crippen LogP contribution in [0.15, 0.2) is 54.3 Å². The van der Waals surface area contributed by atoms with Crippen LogP contribution in [0.25, 0.3) is 10.4 Å². The first-order valence-electron chi connectivity index (χ1n) is 6.35. The lowest BCUT2D eigenvalue weighted by atomic mass is 9.94. The van der Waals surface area contributed by atoms with E-state index in [9.17, 15) is 0 Å². The first-order chi connectivity index (χ1) is 9.43. The maximum atomic E-state index is 4.61. The molecular weight excluding hydrogens is 252 g/mol. The zero-order valence-corrected chi connectivity index (χ0v) is 11.1. The lowest BCUT2D eigenvalue weighted by Gasteiger charge is -2.11. The highest BCUT2D eigenvalue weighted by molar-refractivity contribution is 7.13. The van der Waals surface area contributed by atoms with Crippen LogP contribution < -0.4 is 0 Å². The Morgan fingerprint density at radius 2 is 1.95 bits per heavy atom. The Kier molecular flexibility index (Phi) is 2.45. The topological polar surface area (TPSA) is 25.8 Å². The predicted molar refractivity (Wildman–Crippen MR) is 77.3 cm³/mol. The minimum atomic E-state index is 0.389. The van der Waals surface area contributed by atoms with Gasteiger partial charge in [0, 0.05) is 34.9 Å². The SMILES string of the molecule is c1cnc2c(c1)-c1sccc1C2Cc1ccncc1. The van der Waals surface area contributed by atoms with Gasteiger partial charge in [0.25, 0.3) is 0 Å². The highest BCUT2D eigenvalue weighted by atomic mass is 32.1. The first kappa shape index (κ1) is 10.9. The highest BCUT2D eigenvalue weighted by Gasteiger charge is 2.30. The van der Waals surface area contributed by atoms with Crippen molar-refractivity contribution in [2.24, 2.45) is 0 Å². The minimum absolute atomic E-state index is 0.389. The summed E-state index contributed by atoms with van der Waals surface area (Å²) in [6, 6.07) is 10.6. The molecule has 3 heteroatoms. The van der Waals surface area contributed by atoms with Gasteiger partial charge in [-0.25, -0.2) is 0 Å². The Morgan fingerprint density at radius 1 is 1.05 bits per heavy atom. The molecule has 0 amide bonds. The fourth-order valence-electron chi connectivity index (χ4n) is 2.81. The third kappa shape index (κ3) is 1.70. The Labute approximate surface area is 115 Å². The van der Waals surface area contributed by atoms with Crippen LogP contribution in [0.2, 0.25) is 0 Å². The molecular formula is C16H12N2S. The van der Waals surface area contributed by atoms with Crippen molar-refractivity contribution in [2.45, 2.75) is 12.3 Å². The van der Waals surface area contributed by atoms with Gasteiger partial charge in [-0.1, -0.05) is 6.07 Å². The van der Waals surface area contributed by atoms with E-state index in [0.717, 1.165) is 6.42 Å². The number of fused-ring (bicyclic) bond motifs is 3. The summed E-state index contributed by atoms with van der Waals surface area (Å²) in [6.45, 7) is 0. The maximum absolute atomic E-state index is 4.61. The maximum Gasteiger partial charge on any atom is 0.0568 e. The molecule has 0 aromatic carbocycles. The molecule has 0 N–H and O–H groups in total. The molecule has 1 atom stereocenters. The van der Waals surface area contributed by atoms with E-state index in [1.54, 1.807) is 0 Å². The molecule has 0 aliphatic heterocycles. The van der Waals surface area contributed by atoms with Crippen LogP contribution >= 0.6 is 11.3 Å². The molecule has 19 heavy (non-hydrogen) atoms. The van der Waals surface area contributed by atoms with Gasteiger partial charge in [0.1, 0.15) is 0 Å². The highest BCUT2D eigenvalue weighted by Crippen LogP contribution is 2.47. The van der Waals surface area contributed by atoms with Crippen molar-refractivity contribution in [1.29, 1.82) is 0 Å². The van der Waals surface area contributed by atoms with Crippen LogP contribution in [0.4, 0.5) is 0 Å². The Balaban J connectivity index is 1.81. The monoisotopic (exact) mass is 264 g/mol. The Morgan fingerprint density at radius 3 is 2.84 bits per heavy atom. The van der Waals surface area contributed by atoms with Gasteiger partial charge in [-0.15, -0.1) is 11.3 Å². The molecule has 0 spiro atoms. The zero-order valence-electron chi connectivity index (χ0n) is 10.3. The van der Waals surface area contributed by atoms with Gasteiger partial charge >= 0.3 is 0 Å². The van der Waals surface area contributed by atoms with Gasteiger partial charge in [-0.05, 0) is 47.2 Å². The van der Waals surface area contributed by atoms with Crippen LogP contribution in [0.1, 0.15) is 22.7 Å². The molecule has 0 saturated carbocycles. The molecule has 0 radical (unpaired) electrons. The molecule has 3 aromatic heterocycles. The number of thiophene rings is 1. The average Bonchev–Trinajstić information content (AvgIpc) is 3.04. The number of aromatic nitrogens is 2. The van der Waals surface area contributed by atoms with E-state index in [1.807, 2.05) is 36.0 Å². The lowest BCUT2D eigenvalue weighted by molar-refractivity contribution is 0.797. The second-order valence-corrected chi connectivity index (χ2v) is 5.67. The number of pyridine rings is 2. The van der Waals surface area contributed by atoms with Crippen LogP contribution in [0.5, 0.6) is 0 Å². The molecule has 3 aromatic rings. The van der Waals surface area contributed by atoms with Crippen LogP contribution in [0, 0.1) is 0 Å². The van der Waals surface area contributed by atoms with Crippen molar-refractivity contribution in [1.82, 2.24) is 9.97 Å². The van der Waals surface area contributed by atoms with Crippen molar-refractivity contribution in [2.75, 3.05) is 0 Å². The van der Waals surface area contributed by atoms with E-state index in [0.29, 0.717) is 5.92 Å².